The lowest BCUT2D eigenvalue weighted by molar-refractivity contribution is -0.121. The maximum atomic E-state index is 11.7. The summed E-state index contributed by atoms with van der Waals surface area (Å²) in [5.41, 5.74) is 1.96. The molecule has 0 aliphatic rings. The molecule has 21 heavy (non-hydrogen) atoms. The average molecular weight is 285 g/mol. The van der Waals surface area contributed by atoms with E-state index >= 15 is 0 Å². The van der Waals surface area contributed by atoms with E-state index in [1.807, 2.05) is 36.4 Å². The summed E-state index contributed by atoms with van der Waals surface area (Å²) < 4.78 is 5.09. The van der Waals surface area contributed by atoms with Crippen molar-refractivity contribution in [1.82, 2.24) is 10.3 Å². The molecule has 0 aliphatic heterocycles. The van der Waals surface area contributed by atoms with Crippen LogP contribution in [-0.4, -0.2) is 24.5 Å². The van der Waals surface area contributed by atoms with Crippen molar-refractivity contribution in [3.05, 3.63) is 54.4 Å². The number of methoxy groups -OCH3 is 1. The molecule has 110 valence electrons. The summed E-state index contributed by atoms with van der Waals surface area (Å²) in [5, 5.41) is 6.06. The van der Waals surface area contributed by atoms with E-state index in [-0.39, 0.29) is 5.91 Å². The van der Waals surface area contributed by atoms with E-state index in [1.165, 1.54) is 0 Å². The number of ether oxygens (including phenoxy) is 1. The van der Waals surface area contributed by atoms with Crippen molar-refractivity contribution in [2.24, 2.45) is 0 Å². The Hall–Kier alpha value is -2.56. The summed E-state index contributed by atoms with van der Waals surface area (Å²) in [6.45, 7) is 1.10. The first kappa shape index (κ1) is 14.8. The van der Waals surface area contributed by atoms with E-state index in [4.69, 9.17) is 4.74 Å². The molecule has 5 nitrogen and oxygen atoms in total. The molecule has 0 aliphatic carbocycles. The van der Waals surface area contributed by atoms with Crippen molar-refractivity contribution in [3.63, 3.8) is 0 Å². The van der Waals surface area contributed by atoms with Crippen LogP contribution in [0.2, 0.25) is 0 Å². The van der Waals surface area contributed by atoms with Crippen LogP contribution < -0.4 is 15.4 Å². The quantitative estimate of drug-likeness (QED) is 0.818. The van der Waals surface area contributed by atoms with Gasteiger partial charge in [-0.05, 0) is 35.9 Å². The van der Waals surface area contributed by atoms with Gasteiger partial charge in [0.05, 0.1) is 7.11 Å². The Balaban J connectivity index is 1.66. The van der Waals surface area contributed by atoms with Crippen LogP contribution in [0.3, 0.4) is 0 Å². The number of hydrogen-bond donors (Lipinski definition) is 2. The van der Waals surface area contributed by atoms with Crippen molar-refractivity contribution < 1.29 is 9.53 Å². The van der Waals surface area contributed by atoms with Gasteiger partial charge in [0.2, 0.25) is 5.91 Å². The Morgan fingerprint density at radius 2 is 2.05 bits per heavy atom. The second-order valence-electron chi connectivity index (χ2n) is 4.54. The number of aromatic nitrogens is 1. The molecule has 1 amide bonds. The summed E-state index contributed by atoms with van der Waals surface area (Å²) in [6, 6.07) is 11.4. The molecule has 0 unspecified atom stereocenters. The fourth-order valence-corrected chi connectivity index (χ4v) is 1.82. The lowest BCUT2D eigenvalue weighted by atomic mass is 10.2. The van der Waals surface area contributed by atoms with Crippen LogP contribution >= 0.6 is 0 Å². The molecule has 1 aromatic carbocycles. The molecule has 1 heterocycles. The van der Waals surface area contributed by atoms with Gasteiger partial charge in [-0.2, -0.15) is 0 Å². The van der Waals surface area contributed by atoms with Gasteiger partial charge < -0.3 is 15.4 Å². The topological polar surface area (TPSA) is 63.2 Å². The highest BCUT2D eigenvalue weighted by atomic mass is 16.5. The highest BCUT2D eigenvalue weighted by Gasteiger charge is 2.01. The summed E-state index contributed by atoms with van der Waals surface area (Å²) in [7, 11) is 1.63. The largest absolute Gasteiger partial charge is 0.497 e. The monoisotopic (exact) mass is 285 g/mol. The van der Waals surface area contributed by atoms with E-state index in [1.54, 1.807) is 19.5 Å². The average Bonchev–Trinajstić information content (AvgIpc) is 2.54. The van der Waals surface area contributed by atoms with Gasteiger partial charge >= 0.3 is 0 Å². The van der Waals surface area contributed by atoms with Crippen molar-refractivity contribution in [3.8, 4) is 5.75 Å². The highest BCUT2D eigenvalue weighted by Crippen LogP contribution is 2.14. The molecule has 0 saturated carbocycles. The van der Waals surface area contributed by atoms with Crippen LogP contribution in [0, 0.1) is 0 Å². The van der Waals surface area contributed by atoms with Crippen molar-refractivity contribution >= 4 is 11.6 Å². The lowest BCUT2D eigenvalue weighted by Gasteiger charge is -2.08. The summed E-state index contributed by atoms with van der Waals surface area (Å²) in [5.74, 6) is 0.828. The highest BCUT2D eigenvalue weighted by molar-refractivity contribution is 5.76. The summed E-state index contributed by atoms with van der Waals surface area (Å²) in [4.78, 5) is 15.7. The zero-order valence-electron chi connectivity index (χ0n) is 12.0. The fraction of sp³-hybridized carbons (Fsp3) is 0.250. The van der Waals surface area contributed by atoms with Crippen LogP contribution in [0.1, 0.15) is 12.0 Å². The molecule has 1 aromatic heterocycles. The first-order valence-electron chi connectivity index (χ1n) is 6.81. The Kier molecular flexibility index (Phi) is 5.58. The molecule has 5 heteroatoms. The van der Waals surface area contributed by atoms with Gasteiger partial charge in [-0.1, -0.05) is 6.07 Å². The third kappa shape index (κ3) is 5.14. The number of rotatable bonds is 7. The third-order valence-electron chi connectivity index (χ3n) is 2.98. The van der Waals surface area contributed by atoms with Gasteiger partial charge in [0.1, 0.15) is 5.75 Å². The first-order valence-corrected chi connectivity index (χ1v) is 6.81. The van der Waals surface area contributed by atoms with Crippen molar-refractivity contribution in [1.29, 1.82) is 0 Å². The number of pyridine rings is 1. The Labute approximate surface area is 124 Å². The second-order valence-corrected chi connectivity index (χ2v) is 4.54. The predicted molar refractivity (Wildman–Crippen MR) is 82.2 cm³/mol. The van der Waals surface area contributed by atoms with E-state index < -0.39 is 0 Å². The predicted octanol–water partition coefficient (Wildman–Crippen LogP) is 2.21. The molecule has 2 N–H and O–H groups in total. The van der Waals surface area contributed by atoms with E-state index in [0.717, 1.165) is 17.0 Å². The molecular weight excluding hydrogens is 266 g/mol. The van der Waals surface area contributed by atoms with E-state index in [2.05, 4.69) is 15.6 Å². The SMILES string of the molecule is COc1ccc(NCCC(=O)NCc2cccnc2)cc1. The molecule has 0 saturated heterocycles. The molecule has 0 atom stereocenters. The first-order chi connectivity index (χ1) is 10.3. The van der Waals surface area contributed by atoms with Gasteiger partial charge in [0.25, 0.3) is 0 Å². The minimum Gasteiger partial charge on any atom is -0.497 e. The zero-order chi connectivity index (χ0) is 14.9. The molecule has 0 fully saturated rings. The number of amides is 1. The number of nitrogens with one attached hydrogen (secondary N) is 2. The van der Waals surface area contributed by atoms with Crippen LogP contribution in [0.4, 0.5) is 5.69 Å². The molecule has 0 spiro atoms. The molecule has 0 bridgehead atoms. The maximum Gasteiger partial charge on any atom is 0.222 e. The number of hydrogen-bond acceptors (Lipinski definition) is 4. The Bertz CT molecular complexity index is 555. The minimum absolute atomic E-state index is 0.0138. The van der Waals surface area contributed by atoms with Gasteiger partial charge in [0.15, 0.2) is 0 Å². The van der Waals surface area contributed by atoms with Gasteiger partial charge in [-0.3, -0.25) is 9.78 Å². The second kappa shape index (κ2) is 7.89. The normalized spacial score (nSPS) is 9.95. The smallest absolute Gasteiger partial charge is 0.222 e. The number of carbonyl (C=O) groups is 1. The van der Waals surface area contributed by atoms with Crippen LogP contribution in [0.25, 0.3) is 0 Å². The number of nitrogens with zero attached hydrogens (tertiary/aromatic N) is 1. The number of carbonyl (C=O) groups excluding carboxylic acids is 1. The molecule has 0 radical (unpaired) electrons. The number of benzene rings is 1. The summed E-state index contributed by atoms with van der Waals surface area (Å²) >= 11 is 0. The Morgan fingerprint density at radius 1 is 1.24 bits per heavy atom. The minimum atomic E-state index is 0.0138. The van der Waals surface area contributed by atoms with Crippen LogP contribution in [-0.2, 0) is 11.3 Å². The number of anilines is 1. The van der Waals surface area contributed by atoms with Crippen LogP contribution in [0.15, 0.2) is 48.8 Å². The molecule has 2 rings (SSSR count). The molecular formula is C16H19N3O2. The van der Waals surface area contributed by atoms with Crippen molar-refractivity contribution in [2.75, 3.05) is 19.0 Å². The zero-order valence-corrected chi connectivity index (χ0v) is 12.0. The van der Waals surface area contributed by atoms with Gasteiger partial charge in [-0.15, -0.1) is 0 Å². The maximum absolute atomic E-state index is 11.7. The van der Waals surface area contributed by atoms with Gasteiger partial charge in [-0.25, -0.2) is 0 Å². The third-order valence-corrected chi connectivity index (χ3v) is 2.98. The standard InChI is InChI=1S/C16H19N3O2/c1-21-15-6-4-14(5-7-15)18-10-8-16(20)19-12-13-3-2-9-17-11-13/h2-7,9,11,18H,8,10,12H2,1H3,(H,19,20). The van der Waals surface area contributed by atoms with E-state index in [9.17, 15) is 4.79 Å². The van der Waals surface area contributed by atoms with Crippen molar-refractivity contribution in [2.45, 2.75) is 13.0 Å². The molecule has 2 aromatic rings. The van der Waals surface area contributed by atoms with Crippen LogP contribution in [0.5, 0.6) is 5.75 Å². The fourth-order valence-electron chi connectivity index (χ4n) is 1.82. The summed E-state index contributed by atoms with van der Waals surface area (Å²) in [6.07, 6.45) is 3.88. The van der Waals surface area contributed by atoms with E-state index in [0.29, 0.717) is 19.5 Å². The van der Waals surface area contributed by atoms with Gasteiger partial charge in [0, 0.05) is 37.6 Å². The lowest BCUT2D eigenvalue weighted by Crippen LogP contribution is -2.24. The Morgan fingerprint density at radius 3 is 2.71 bits per heavy atom.